The summed E-state index contributed by atoms with van der Waals surface area (Å²) in [5.41, 5.74) is 6.67. The summed E-state index contributed by atoms with van der Waals surface area (Å²) in [5, 5.41) is 7.37. The van der Waals surface area contributed by atoms with Crippen LogP contribution in [0.25, 0.3) is 0 Å². The molecule has 0 radical (unpaired) electrons. The van der Waals surface area contributed by atoms with Crippen molar-refractivity contribution in [1.82, 2.24) is 4.42 Å². The second-order valence-electron chi connectivity index (χ2n) is 5.44. The lowest BCUT2D eigenvalue weighted by molar-refractivity contribution is -0.138. The maximum absolute atomic E-state index is 14.2. The number of nitrogens with one attached hydrogen (secondary N) is 1. The number of methoxy groups -OCH3 is 2. The van der Waals surface area contributed by atoms with Crippen molar-refractivity contribution in [1.29, 1.82) is 5.41 Å². The van der Waals surface area contributed by atoms with Gasteiger partial charge in [-0.25, -0.2) is 8.81 Å². The molecule has 0 aliphatic heterocycles. The molecule has 0 aliphatic rings. The van der Waals surface area contributed by atoms with Crippen LogP contribution in [-0.2, 0) is 16.1 Å². The second kappa shape index (κ2) is 8.64. The number of nitrogen functional groups attached to an aromatic ring is 1. The van der Waals surface area contributed by atoms with Crippen LogP contribution < -0.4 is 10.5 Å². The Morgan fingerprint density at radius 1 is 1.27 bits per heavy atom. The molecule has 2 aromatic rings. The van der Waals surface area contributed by atoms with Crippen LogP contribution in [0.4, 0.5) is 4.39 Å². The van der Waals surface area contributed by atoms with Crippen LogP contribution in [0.2, 0.25) is 0 Å². The van der Waals surface area contributed by atoms with Crippen LogP contribution in [0.3, 0.4) is 0 Å². The molecule has 0 aliphatic carbocycles. The Labute approximate surface area is 155 Å². The standard InChI is InChI=1S/C18H19ClFN3O3/c1-25-14-5-3-4-13(20)15(14)16(26-2)18(24)23(19)10-11-6-8-12(9-7-11)17(21)22/h3-9,16H,10H2,1-2H3,(H3,21,22). The fourth-order valence-electron chi connectivity index (χ4n) is 2.45. The topological polar surface area (TPSA) is 88.6 Å². The van der Waals surface area contributed by atoms with E-state index in [4.69, 9.17) is 32.4 Å². The van der Waals surface area contributed by atoms with Crippen LogP contribution in [0.5, 0.6) is 5.75 Å². The summed E-state index contributed by atoms with van der Waals surface area (Å²) in [4.78, 5) is 12.7. The molecule has 0 spiro atoms. The Bertz CT molecular complexity index is 799. The third-order valence-corrected chi connectivity index (χ3v) is 4.07. The van der Waals surface area contributed by atoms with Crippen molar-refractivity contribution in [2.45, 2.75) is 12.6 Å². The van der Waals surface area contributed by atoms with E-state index in [1.54, 1.807) is 24.3 Å². The lowest BCUT2D eigenvalue weighted by Gasteiger charge is -2.22. The lowest BCUT2D eigenvalue weighted by Crippen LogP contribution is -2.29. The summed E-state index contributed by atoms with van der Waals surface area (Å²) in [6.07, 6.45) is -1.25. The first-order valence-electron chi connectivity index (χ1n) is 7.64. The number of hydrogen-bond acceptors (Lipinski definition) is 4. The van der Waals surface area contributed by atoms with E-state index in [0.29, 0.717) is 11.1 Å². The van der Waals surface area contributed by atoms with E-state index in [0.717, 1.165) is 4.42 Å². The Morgan fingerprint density at radius 3 is 2.46 bits per heavy atom. The first-order chi connectivity index (χ1) is 12.4. The molecule has 8 heteroatoms. The molecule has 3 N–H and O–H groups in total. The smallest absolute Gasteiger partial charge is 0.271 e. The number of amides is 1. The van der Waals surface area contributed by atoms with E-state index in [9.17, 15) is 9.18 Å². The highest BCUT2D eigenvalue weighted by atomic mass is 35.5. The quantitative estimate of drug-likeness (QED) is 0.439. The first-order valence-corrected chi connectivity index (χ1v) is 7.98. The fourth-order valence-corrected chi connectivity index (χ4v) is 2.67. The summed E-state index contributed by atoms with van der Waals surface area (Å²) < 4.78 is 25.5. The molecule has 2 aromatic carbocycles. The van der Waals surface area contributed by atoms with Gasteiger partial charge < -0.3 is 15.2 Å². The maximum atomic E-state index is 14.2. The van der Waals surface area contributed by atoms with Crippen LogP contribution in [0.1, 0.15) is 22.8 Å². The van der Waals surface area contributed by atoms with E-state index >= 15 is 0 Å². The molecule has 0 saturated carbocycles. The summed E-state index contributed by atoms with van der Waals surface area (Å²) in [6.45, 7) is 0.0647. The summed E-state index contributed by atoms with van der Waals surface area (Å²) in [6, 6.07) is 10.9. The van der Waals surface area contributed by atoms with E-state index in [-0.39, 0.29) is 23.7 Å². The summed E-state index contributed by atoms with van der Waals surface area (Å²) >= 11 is 6.11. The van der Waals surface area contributed by atoms with Crippen molar-refractivity contribution in [2.24, 2.45) is 5.73 Å². The fraction of sp³-hybridized carbons (Fsp3) is 0.222. The predicted molar refractivity (Wildman–Crippen MR) is 96.6 cm³/mol. The van der Waals surface area contributed by atoms with Gasteiger partial charge in [0.25, 0.3) is 5.91 Å². The third kappa shape index (κ3) is 4.30. The van der Waals surface area contributed by atoms with Gasteiger partial charge in [-0.15, -0.1) is 0 Å². The molecule has 2 rings (SSSR count). The average Bonchev–Trinajstić information content (AvgIpc) is 2.63. The van der Waals surface area contributed by atoms with Gasteiger partial charge >= 0.3 is 0 Å². The predicted octanol–water partition coefficient (Wildman–Crippen LogP) is 2.99. The van der Waals surface area contributed by atoms with Gasteiger partial charge in [0.05, 0.1) is 19.2 Å². The molecule has 0 bridgehead atoms. The minimum Gasteiger partial charge on any atom is -0.496 e. The molecule has 0 aromatic heterocycles. The van der Waals surface area contributed by atoms with Gasteiger partial charge in [-0.3, -0.25) is 10.2 Å². The average molecular weight is 380 g/mol. The van der Waals surface area contributed by atoms with Gasteiger partial charge in [0, 0.05) is 24.4 Å². The van der Waals surface area contributed by atoms with Crippen molar-refractivity contribution in [2.75, 3.05) is 14.2 Å². The van der Waals surface area contributed by atoms with Gasteiger partial charge in [0.15, 0.2) is 6.10 Å². The Kier molecular flexibility index (Phi) is 6.54. The van der Waals surface area contributed by atoms with E-state index in [1.807, 2.05) is 0 Å². The van der Waals surface area contributed by atoms with Crippen LogP contribution in [0, 0.1) is 11.2 Å². The second-order valence-corrected chi connectivity index (χ2v) is 5.85. The first kappa shape index (κ1) is 19.7. The zero-order valence-electron chi connectivity index (χ0n) is 14.3. The number of rotatable bonds is 7. The van der Waals surface area contributed by atoms with E-state index in [1.165, 1.54) is 32.4 Å². The summed E-state index contributed by atoms with van der Waals surface area (Å²) in [7, 11) is 2.67. The molecule has 1 amide bonds. The molecule has 0 saturated heterocycles. The van der Waals surface area contributed by atoms with Gasteiger partial charge in [0.1, 0.15) is 17.4 Å². The van der Waals surface area contributed by atoms with Crippen molar-refractivity contribution < 1.29 is 18.7 Å². The number of nitrogens with zero attached hydrogens (tertiary/aromatic N) is 1. The third-order valence-electron chi connectivity index (χ3n) is 3.78. The monoisotopic (exact) mass is 379 g/mol. The molecule has 1 unspecified atom stereocenters. The zero-order valence-corrected chi connectivity index (χ0v) is 15.1. The lowest BCUT2D eigenvalue weighted by atomic mass is 10.1. The normalized spacial score (nSPS) is 11.7. The van der Waals surface area contributed by atoms with Gasteiger partial charge in [0.2, 0.25) is 0 Å². The number of carbonyl (C=O) groups is 1. The molecule has 0 fully saturated rings. The number of hydrogen-bond donors (Lipinski definition) is 2. The molecule has 6 nitrogen and oxygen atoms in total. The van der Waals surface area contributed by atoms with Gasteiger partial charge in [-0.2, -0.15) is 0 Å². The molecular formula is C18H19ClFN3O3. The minimum atomic E-state index is -1.25. The highest BCUT2D eigenvalue weighted by molar-refractivity contribution is 6.21. The SMILES string of the molecule is COc1cccc(F)c1C(OC)C(=O)N(Cl)Cc1ccc(C(=N)N)cc1. The molecule has 0 heterocycles. The number of carbonyl (C=O) groups excluding carboxylic acids is 1. The zero-order chi connectivity index (χ0) is 19.3. The van der Waals surface area contributed by atoms with Crippen molar-refractivity contribution >= 4 is 23.5 Å². The number of ether oxygens (including phenoxy) is 2. The van der Waals surface area contributed by atoms with E-state index in [2.05, 4.69) is 0 Å². The Hall–Kier alpha value is -2.64. The highest BCUT2D eigenvalue weighted by Gasteiger charge is 2.30. The van der Waals surface area contributed by atoms with Gasteiger partial charge in [-0.1, -0.05) is 30.3 Å². The number of halogens is 2. The highest BCUT2D eigenvalue weighted by Crippen LogP contribution is 2.32. The van der Waals surface area contributed by atoms with Crippen molar-refractivity contribution in [3.05, 3.63) is 65.0 Å². The molecular weight excluding hydrogens is 361 g/mol. The maximum Gasteiger partial charge on any atom is 0.271 e. The van der Waals surface area contributed by atoms with Crippen molar-refractivity contribution in [3.63, 3.8) is 0 Å². The van der Waals surface area contributed by atoms with E-state index < -0.39 is 17.8 Å². The largest absolute Gasteiger partial charge is 0.496 e. The van der Waals surface area contributed by atoms with Crippen LogP contribution in [0.15, 0.2) is 42.5 Å². The molecule has 26 heavy (non-hydrogen) atoms. The molecule has 1 atom stereocenters. The van der Waals surface area contributed by atoms with Crippen LogP contribution in [-0.4, -0.2) is 30.4 Å². The minimum absolute atomic E-state index is 0.0138. The molecule has 138 valence electrons. The summed E-state index contributed by atoms with van der Waals surface area (Å²) in [5.74, 6) is -1.11. The van der Waals surface area contributed by atoms with Gasteiger partial charge in [-0.05, 0) is 17.7 Å². The Balaban J connectivity index is 2.21. The van der Waals surface area contributed by atoms with Crippen molar-refractivity contribution in [3.8, 4) is 5.75 Å². The number of benzene rings is 2. The number of nitrogens with two attached hydrogens (primary N) is 1. The van der Waals surface area contributed by atoms with Crippen LogP contribution >= 0.6 is 11.8 Å². The Morgan fingerprint density at radius 2 is 1.92 bits per heavy atom. The number of amidine groups is 1.